The van der Waals surface area contributed by atoms with E-state index in [9.17, 15) is 4.79 Å². The van der Waals surface area contributed by atoms with Crippen molar-refractivity contribution in [2.24, 2.45) is 0 Å². The minimum absolute atomic E-state index is 0.345. The molecule has 6 heteroatoms. The van der Waals surface area contributed by atoms with Crippen molar-refractivity contribution < 1.29 is 9.53 Å². The van der Waals surface area contributed by atoms with Gasteiger partial charge in [0, 0.05) is 10.7 Å². The zero-order valence-electron chi connectivity index (χ0n) is 9.68. The molecule has 0 N–H and O–H groups in total. The van der Waals surface area contributed by atoms with E-state index in [0.29, 0.717) is 5.56 Å². The van der Waals surface area contributed by atoms with E-state index in [1.165, 1.54) is 7.11 Å². The fourth-order valence-electron chi connectivity index (χ4n) is 2.23. The van der Waals surface area contributed by atoms with E-state index >= 15 is 0 Å². The van der Waals surface area contributed by atoms with Gasteiger partial charge in [-0.05, 0) is 34.3 Å². The second-order valence-electron chi connectivity index (χ2n) is 4.03. The number of methoxy groups -OCH3 is 1. The first kappa shape index (κ1) is 11.4. The van der Waals surface area contributed by atoms with E-state index in [4.69, 9.17) is 4.74 Å². The summed E-state index contributed by atoms with van der Waals surface area (Å²) in [6.45, 7) is 0. The number of carbonyl (C=O) groups excluding carboxylic acids is 1. The molecule has 5 nitrogen and oxygen atoms in total. The van der Waals surface area contributed by atoms with Crippen molar-refractivity contribution >= 4 is 21.9 Å². The maximum atomic E-state index is 11.6. The molecule has 1 aliphatic heterocycles. The smallest absolute Gasteiger partial charge is 0.341 e. The molecule has 0 bridgehead atoms. The van der Waals surface area contributed by atoms with Crippen molar-refractivity contribution in [3.63, 3.8) is 0 Å². The zero-order chi connectivity index (χ0) is 12.7. The highest BCUT2D eigenvalue weighted by atomic mass is 79.9. The lowest BCUT2D eigenvalue weighted by Gasteiger charge is -2.19. The third kappa shape index (κ3) is 1.56. The Balaban J connectivity index is 2.18. The second-order valence-corrected chi connectivity index (χ2v) is 4.88. The Morgan fingerprint density at radius 2 is 2.22 bits per heavy atom. The van der Waals surface area contributed by atoms with Crippen molar-refractivity contribution in [2.75, 3.05) is 7.11 Å². The van der Waals surface area contributed by atoms with Crippen molar-refractivity contribution in [3.8, 4) is 5.69 Å². The number of ether oxygens (including phenoxy) is 1. The molecule has 0 aromatic carbocycles. The van der Waals surface area contributed by atoms with Crippen LogP contribution in [0.5, 0.6) is 0 Å². The highest BCUT2D eigenvalue weighted by Gasteiger charge is 2.25. The number of hydrogen-bond acceptors (Lipinski definition) is 4. The van der Waals surface area contributed by atoms with Crippen LogP contribution < -0.4 is 0 Å². The minimum Gasteiger partial charge on any atom is -0.465 e. The van der Waals surface area contributed by atoms with Gasteiger partial charge in [0.1, 0.15) is 5.56 Å². The van der Waals surface area contributed by atoms with Crippen molar-refractivity contribution in [2.45, 2.75) is 12.8 Å². The summed E-state index contributed by atoms with van der Waals surface area (Å²) in [6, 6.07) is 0. The molecular weight excluding hydrogens is 298 g/mol. The maximum Gasteiger partial charge on any atom is 0.341 e. The van der Waals surface area contributed by atoms with E-state index in [0.717, 1.165) is 34.3 Å². The van der Waals surface area contributed by atoms with Crippen LogP contribution in [0.4, 0.5) is 0 Å². The van der Waals surface area contributed by atoms with Crippen LogP contribution in [0.3, 0.4) is 0 Å². The number of halogens is 1. The van der Waals surface area contributed by atoms with Gasteiger partial charge in [-0.15, -0.1) is 0 Å². The summed E-state index contributed by atoms with van der Waals surface area (Å²) in [4.78, 5) is 15.8. The standard InChI is InChI=1S/C12H10BrN3O2/c1-18-12(17)8-4-15-16-10(8)3-2-7-9(13)5-14-6-11(7)16/h4-6H,2-3H2,1H3. The molecule has 0 amide bonds. The first-order valence-electron chi connectivity index (χ1n) is 5.50. The molecule has 92 valence electrons. The van der Waals surface area contributed by atoms with Gasteiger partial charge in [-0.2, -0.15) is 5.10 Å². The number of rotatable bonds is 1. The molecule has 18 heavy (non-hydrogen) atoms. The summed E-state index contributed by atoms with van der Waals surface area (Å²) in [5.41, 5.74) is 3.50. The van der Waals surface area contributed by atoms with E-state index in [1.54, 1.807) is 23.3 Å². The Hall–Kier alpha value is -1.69. The third-order valence-electron chi connectivity index (χ3n) is 3.10. The quantitative estimate of drug-likeness (QED) is 0.755. The van der Waals surface area contributed by atoms with Gasteiger partial charge in [0.05, 0.1) is 30.9 Å². The van der Waals surface area contributed by atoms with Crippen LogP contribution in [-0.2, 0) is 17.6 Å². The summed E-state index contributed by atoms with van der Waals surface area (Å²) >= 11 is 3.49. The van der Waals surface area contributed by atoms with Crippen LogP contribution in [0.25, 0.3) is 5.69 Å². The third-order valence-corrected chi connectivity index (χ3v) is 3.78. The lowest BCUT2D eigenvalue weighted by Crippen LogP contribution is -2.16. The number of aromatic nitrogens is 3. The molecule has 0 saturated heterocycles. The summed E-state index contributed by atoms with van der Waals surface area (Å²) < 4.78 is 7.49. The molecule has 2 aromatic rings. The van der Waals surface area contributed by atoms with Crippen LogP contribution in [0.15, 0.2) is 23.1 Å². The molecule has 0 fully saturated rings. The Kier molecular flexibility index (Phi) is 2.66. The molecule has 0 atom stereocenters. The average Bonchev–Trinajstić information content (AvgIpc) is 2.82. The van der Waals surface area contributed by atoms with Gasteiger partial charge in [-0.3, -0.25) is 4.98 Å². The summed E-state index contributed by atoms with van der Waals surface area (Å²) in [6.07, 6.45) is 6.71. The van der Waals surface area contributed by atoms with E-state index in [-0.39, 0.29) is 5.97 Å². The van der Waals surface area contributed by atoms with Gasteiger partial charge < -0.3 is 4.74 Å². The predicted octanol–water partition coefficient (Wildman–Crippen LogP) is 1.91. The van der Waals surface area contributed by atoms with E-state index in [1.807, 2.05) is 0 Å². The van der Waals surface area contributed by atoms with Gasteiger partial charge in [0.15, 0.2) is 0 Å². The molecule has 1 aliphatic rings. The maximum absolute atomic E-state index is 11.6. The van der Waals surface area contributed by atoms with Crippen LogP contribution in [0.2, 0.25) is 0 Å². The summed E-state index contributed by atoms with van der Waals surface area (Å²) in [5.74, 6) is -0.345. The van der Waals surface area contributed by atoms with Gasteiger partial charge >= 0.3 is 5.97 Å². The number of carbonyl (C=O) groups is 1. The predicted molar refractivity (Wildman–Crippen MR) is 67.8 cm³/mol. The van der Waals surface area contributed by atoms with Crippen molar-refractivity contribution in [3.05, 3.63) is 39.9 Å². The van der Waals surface area contributed by atoms with Gasteiger partial charge in [-0.1, -0.05) is 0 Å². The fourth-order valence-corrected chi connectivity index (χ4v) is 2.75. The lowest BCUT2D eigenvalue weighted by atomic mass is 10.0. The topological polar surface area (TPSA) is 57.0 Å². The minimum atomic E-state index is -0.345. The molecular formula is C12H10BrN3O2. The van der Waals surface area contributed by atoms with Crippen molar-refractivity contribution in [1.82, 2.24) is 14.8 Å². The number of fused-ring (bicyclic) bond motifs is 3. The molecule has 2 aromatic heterocycles. The monoisotopic (exact) mass is 307 g/mol. The van der Waals surface area contributed by atoms with E-state index < -0.39 is 0 Å². The Labute approximate surface area is 112 Å². The second kappa shape index (κ2) is 4.20. The first-order valence-corrected chi connectivity index (χ1v) is 6.29. The van der Waals surface area contributed by atoms with Crippen LogP contribution in [0.1, 0.15) is 21.6 Å². The number of esters is 1. The molecule has 0 radical (unpaired) electrons. The van der Waals surface area contributed by atoms with Crippen LogP contribution >= 0.6 is 15.9 Å². The Morgan fingerprint density at radius 1 is 1.39 bits per heavy atom. The van der Waals surface area contributed by atoms with Gasteiger partial charge in [0.2, 0.25) is 0 Å². The molecule has 0 saturated carbocycles. The lowest BCUT2D eigenvalue weighted by molar-refractivity contribution is 0.0599. The SMILES string of the molecule is COC(=O)c1cnn2c1CCc1c(Br)cncc1-2. The van der Waals surface area contributed by atoms with Crippen molar-refractivity contribution in [1.29, 1.82) is 0 Å². The molecule has 0 spiro atoms. The first-order chi connectivity index (χ1) is 8.72. The highest BCUT2D eigenvalue weighted by molar-refractivity contribution is 9.10. The summed E-state index contributed by atoms with van der Waals surface area (Å²) in [7, 11) is 1.38. The number of nitrogens with zero attached hydrogens (tertiary/aromatic N) is 3. The van der Waals surface area contributed by atoms with Crippen LogP contribution in [0, 0.1) is 0 Å². The largest absolute Gasteiger partial charge is 0.465 e. The molecule has 0 aliphatic carbocycles. The average molecular weight is 308 g/mol. The molecule has 0 unspecified atom stereocenters. The normalized spacial score (nSPS) is 12.8. The number of pyridine rings is 1. The van der Waals surface area contributed by atoms with Gasteiger partial charge in [-0.25, -0.2) is 9.48 Å². The van der Waals surface area contributed by atoms with Crippen LogP contribution in [-0.4, -0.2) is 27.8 Å². The highest BCUT2D eigenvalue weighted by Crippen LogP contribution is 2.30. The molecule has 3 rings (SSSR count). The number of hydrogen-bond donors (Lipinski definition) is 0. The Bertz CT molecular complexity index is 636. The van der Waals surface area contributed by atoms with Gasteiger partial charge in [0.25, 0.3) is 0 Å². The Morgan fingerprint density at radius 3 is 3.00 bits per heavy atom. The molecule has 3 heterocycles. The summed E-state index contributed by atoms with van der Waals surface area (Å²) in [5, 5.41) is 4.26. The fraction of sp³-hybridized carbons (Fsp3) is 0.250. The van der Waals surface area contributed by atoms with E-state index in [2.05, 4.69) is 26.0 Å². The zero-order valence-corrected chi connectivity index (χ0v) is 11.3.